The van der Waals surface area contributed by atoms with Gasteiger partial charge in [-0.05, 0) is 58.8 Å². The summed E-state index contributed by atoms with van der Waals surface area (Å²) in [6.07, 6.45) is -0.724. The number of alkyl halides is 2. The number of aromatic nitrogens is 1. The van der Waals surface area contributed by atoms with Crippen molar-refractivity contribution in [3.05, 3.63) is 74.4 Å². The second-order valence-corrected chi connectivity index (χ2v) is 11.1. The van der Waals surface area contributed by atoms with Crippen LogP contribution in [0, 0.1) is 9.39 Å². The summed E-state index contributed by atoms with van der Waals surface area (Å²) in [5.41, 5.74) is 2.09. The fraction of sp³-hybridized carbons (Fsp3) is 0.308. The predicted molar refractivity (Wildman–Crippen MR) is 145 cm³/mol. The first-order valence-corrected chi connectivity index (χ1v) is 13.9. The topological polar surface area (TPSA) is 82.6 Å². The van der Waals surface area contributed by atoms with Crippen molar-refractivity contribution in [2.75, 3.05) is 9.80 Å². The van der Waals surface area contributed by atoms with E-state index in [9.17, 15) is 27.6 Å². The summed E-state index contributed by atoms with van der Waals surface area (Å²) in [4.78, 5) is 47.5. The van der Waals surface area contributed by atoms with Crippen molar-refractivity contribution < 1.29 is 27.6 Å². The summed E-state index contributed by atoms with van der Waals surface area (Å²) in [6.45, 7) is 0. The van der Waals surface area contributed by atoms with Gasteiger partial charge in [-0.3, -0.25) is 24.2 Å². The Balaban J connectivity index is 1.59. The summed E-state index contributed by atoms with van der Waals surface area (Å²) >= 11 is 3.30. The van der Waals surface area contributed by atoms with Gasteiger partial charge in [0.15, 0.2) is 0 Å². The number of carbonyl (C=O) groups excluding carboxylic acids is 3. The summed E-state index contributed by atoms with van der Waals surface area (Å²) in [5.74, 6) is -4.72. The third-order valence-corrected chi connectivity index (χ3v) is 8.19. The van der Waals surface area contributed by atoms with Gasteiger partial charge in [0, 0.05) is 39.9 Å². The van der Waals surface area contributed by atoms with E-state index in [-0.39, 0.29) is 24.4 Å². The van der Waals surface area contributed by atoms with Crippen molar-refractivity contribution in [2.24, 2.45) is 0 Å². The molecule has 198 valence electrons. The molecule has 2 fully saturated rings. The SMILES string of the molecule is O=C(NC1CC(F)(F)C1)[C@H](c1ccccc1I)N(C(=O)[C@@H]1CCC(=O)N1c1cscn1)c1cccc(F)c1. The van der Waals surface area contributed by atoms with Crippen LogP contribution in [0.3, 0.4) is 0 Å². The van der Waals surface area contributed by atoms with Crippen LogP contribution in [0.25, 0.3) is 0 Å². The van der Waals surface area contributed by atoms with Crippen LogP contribution >= 0.6 is 33.9 Å². The van der Waals surface area contributed by atoms with Crippen LogP contribution in [0.2, 0.25) is 0 Å². The van der Waals surface area contributed by atoms with E-state index in [2.05, 4.69) is 10.3 Å². The third-order valence-electron chi connectivity index (χ3n) is 6.63. The Morgan fingerprint density at radius 1 is 1.18 bits per heavy atom. The van der Waals surface area contributed by atoms with Gasteiger partial charge in [0.25, 0.3) is 11.8 Å². The molecule has 1 saturated carbocycles. The first-order valence-electron chi connectivity index (χ1n) is 11.9. The van der Waals surface area contributed by atoms with E-state index >= 15 is 0 Å². The lowest BCUT2D eigenvalue weighted by Gasteiger charge is -2.39. The van der Waals surface area contributed by atoms with Gasteiger partial charge in [0.1, 0.15) is 23.7 Å². The number of thiazole rings is 1. The number of benzene rings is 2. The van der Waals surface area contributed by atoms with Crippen LogP contribution in [-0.4, -0.2) is 40.7 Å². The normalized spacial score (nSPS) is 19.6. The first kappa shape index (κ1) is 26.6. The van der Waals surface area contributed by atoms with Crippen molar-refractivity contribution in [1.29, 1.82) is 0 Å². The van der Waals surface area contributed by atoms with Gasteiger partial charge >= 0.3 is 0 Å². The Morgan fingerprint density at radius 2 is 1.95 bits per heavy atom. The maximum atomic E-state index is 14.4. The van der Waals surface area contributed by atoms with Crippen LogP contribution in [0.5, 0.6) is 0 Å². The molecule has 1 aliphatic heterocycles. The number of nitrogens with one attached hydrogen (secondary N) is 1. The van der Waals surface area contributed by atoms with E-state index in [4.69, 9.17) is 0 Å². The van der Waals surface area contributed by atoms with Gasteiger partial charge in [-0.2, -0.15) is 0 Å². The largest absolute Gasteiger partial charge is 0.351 e. The molecule has 1 N–H and O–H groups in total. The quantitative estimate of drug-likeness (QED) is 0.361. The summed E-state index contributed by atoms with van der Waals surface area (Å²) in [7, 11) is 0. The fourth-order valence-corrected chi connectivity index (χ4v) is 6.07. The van der Waals surface area contributed by atoms with Crippen molar-refractivity contribution in [1.82, 2.24) is 10.3 Å². The number of carbonyl (C=O) groups is 3. The highest BCUT2D eigenvalue weighted by atomic mass is 127. The zero-order valence-corrected chi connectivity index (χ0v) is 22.8. The van der Waals surface area contributed by atoms with E-state index in [0.717, 1.165) is 6.07 Å². The van der Waals surface area contributed by atoms with Crippen molar-refractivity contribution in [2.45, 2.75) is 49.7 Å². The number of hydrogen-bond acceptors (Lipinski definition) is 5. The second kappa shape index (κ2) is 10.6. The van der Waals surface area contributed by atoms with Crippen LogP contribution in [0.15, 0.2) is 59.4 Å². The molecule has 12 heteroatoms. The van der Waals surface area contributed by atoms with Gasteiger partial charge in [-0.1, -0.05) is 24.3 Å². The predicted octanol–water partition coefficient (Wildman–Crippen LogP) is 5.07. The lowest BCUT2D eigenvalue weighted by Crippen LogP contribution is -2.56. The minimum absolute atomic E-state index is 0.0990. The second-order valence-electron chi connectivity index (χ2n) is 9.25. The number of nitrogens with zero attached hydrogens (tertiary/aromatic N) is 3. The molecule has 38 heavy (non-hydrogen) atoms. The highest BCUT2D eigenvalue weighted by Gasteiger charge is 2.48. The van der Waals surface area contributed by atoms with Gasteiger partial charge in [-0.15, -0.1) is 11.3 Å². The van der Waals surface area contributed by atoms with E-state index in [0.29, 0.717) is 15.0 Å². The molecule has 3 aromatic rings. The van der Waals surface area contributed by atoms with Gasteiger partial charge < -0.3 is 5.32 Å². The van der Waals surface area contributed by atoms with Gasteiger partial charge in [0.2, 0.25) is 11.8 Å². The summed E-state index contributed by atoms with van der Waals surface area (Å²) in [5, 5.41) is 4.30. The number of halogens is 4. The van der Waals surface area contributed by atoms with Crippen LogP contribution in [-0.2, 0) is 14.4 Å². The Kier molecular flexibility index (Phi) is 7.45. The van der Waals surface area contributed by atoms with E-state index in [1.807, 2.05) is 22.6 Å². The lowest BCUT2D eigenvalue weighted by molar-refractivity contribution is -0.133. The summed E-state index contributed by atoms with van der Waals surface area (Å²) < 4.78 is 42.2. The molecule has 5 rings (SSSR count). The van der Waals surface area contributed by atoms with Crippen molar-refractivity contribution in [3.8, 4) is 0 Å². The molecule has 2 aliphatic rings. The third kappa shape index (κ3) is 5.28. The molecule has 2 atom stereocenters. The number of anilines is 2. The van der Waals surface area contributed by atoms with Gasteiger partial charge in [-0.25, -0.2) is 18.2 Å². The van der Waals surface area contributed by atoms with Crippen LogP contribution in [0.4, 0.5) is 24.7 Å². The molecule has 2 aromatic carbocycles. The van der Waals surface area contributed by atoms with E-state index in [1.54, 1.807) is 35.2 Å². The van der Waals surface area contributed by atoms with Crippen LogP contribution < -0.4 is 15.1 Å². The standard InChI is InChI=1S/C26H22F3IN4O3S/c27-15-4-3-5-17(10-15)33(25(37)20-8-9-22(35)34(20)21-13-38-14-31-21)23(18-6-1-2-7-19(18)30)24(36)32-16-11-26(28,29)12-16/h1-7,10,13-14,16,20,23H,8-9,11-12H2,(H,32,36)/t20-,23-/m0/s1. The number of hydrogen-bond donors (Lipinski definition) is 1. The molecule has 1 saturated heterocycles. The minimum Gasteiger partial charge on any atom is -0.351 e. The molecule has 3 amide bonds. The maximum Gasteiger partial charge on any atom is 0.252 e. The molecule has 0 unspecified atom stereocenters. The Hall–Kier alpha value is -3.00. The Labute approximate surface area is 234 Å². The summed E-state index contributed by atoms with van der Waals surface area (Å²) in [6, 6.07) is 9.09. The molecule has 1 aliphatic carbocycles. The zero-order valence-electron chi connectivity index (χ0n) is 19.8. The average molecular weight is 654 g/mol. The highest BCUT2D eigenvalue weighted by Crippen LogP contribution is 2.39. The number of rotatable bonds is 7. The molecule has 2 heterocycles. The first-order chi connectivity index (χ1) is 18.1. The molecule has 0 spiro atoms. The Morgan fingerprint density at radius 3 is 2.61 bits per heavy atom. The van der Waals surface area contributed by atoms with Crippen molar-refractivity contribution >= 4 is 63.2 Å². The molecule has 0 bridgehead atoms. The van der Waals surface area contributed by atoms with Gasteiger partial charge in [0.05, 0.1) is 5.51 Å². The monoisotopic (exact) mass is 654 g/mol. The molecular formula is C26H22F3IN4O3S. The fourth-order valence-electron chi connectivity index (χ4n) is 4.86. The Bertz CT molecular complexity index is 1370. The van der Waals surface area contributed by atoms with Crippen molar-refractivity contribution in [3.63, 3.8) is 0 Å². The highest BCUT2D eigenvalue weighted by molar-refractivity contribution is 14.1. The average Bonchev–Trinajstić information content (AvgIpc) is 3.51. The number of amides is 3. The molecule has 0 radical (unpaired) electrons. The maximum absolute atomic E-state index is 14.4. The smallest absolute Gasteiger partial charge is 0.252 e. The lowest BCUT2D eigenvalue weighted by atomic mass is 9.87. The van der Waals surface area contributed by atoms with E-state index in [1.165, 1.54) is 39.3 Å². The molecule has 7 nitrogen and oxygen atoms in total. The molecule has 1 aromatic heterocycles. The van der Waals surface area contributed by atoms with Crippen LogP contribution in [0.1, 0.15) is 37.3 Å². The minimum atomic E-state index is -2.86. The van der Waals surface area contributed by atoms with E-state index < -0.39 is 54.5 Å². The molecular weight excluding hydrogens is 632 g/mol. The zero-order chi connectivity index (χ0) is 27.0.